The van der Waals surface area contributed by atoms with Gasteiger partial charge < -0.3 is 19.9 Å². The van der Waals surface area contributed by atoms with Crippen molar-refractivity contribution >= 4 is 12.0 Å². The molecule has 2 N–H and O–H groups in total. The standard InChI is InChI=1S/C11H16N4O3/c16-10(17)7-15(9-1-2-9)11(18)13-4-6-14-5-3-12-8-14/h3,5,8-9H,1-2,4,6-7H2,(H,13,18)(H,16,17). The van der Waals surface area contributed by atoms with Crippen molar-refractivity contribution in [1.82, 2.24) is 19.8 Å². The highest BCUT2D eigenvalue weighted by molar-refractivity contribution is 5.80. The Bertz CT molecular complexity index is 414. The quantitative estimate of drug-likeness (QED) is 0.754. The highest BCUT2D eigenvalue weighted by Crippen LogP contribution is 2.26. The first-order valence-corrected chi connectivity index (χ1v) is 5.89. The molecule has 18 heavy (non-hydrogen) atoms. The van der Waals surface area contributed by atoms with E-state index >= 15 is 0 Å². The number of carboxylic acids is 1. The predicted octanol–water partition coefficient (Wildman–Crippen LogP) is 0.142. The third-order valence-corrected chi connectivity index (χ3v) is 2.76. The third kappa shape index (κ3) is 3.47. The van der Waals surface area contributed by atoms with Gasteiger partial charge >= 0.3 is 12.0 Å². The smallest absolute Gasteiger partial charge is 0.323 e. The first-order valence-electron chi connectivity index (χ1n) is 5.89. The number of nitrogens with zero attached hydrogens (tertiary/aromatic N) is 3. The summed E-state index contributed by atoms with van der Waals surface area (Å²) in [6, 6.07) is -0.214. The van der Waals surface area contributed by atoms with E-state index < -0.39 is 5.97 Å². The maximum Gasteiger partial charge on any atom is 0.323 e. The Morgan fingerprint density at radius 2 is 2.28 bits per heavy atom. The van der Waals surface area contributed by atoms with Crippen LogP contribution < -0.4 is 5.32 Å². The van der Waals surface area contributed by atoms with Crippen LogP contribution in [0.15, 0.2) is 18.7 Å². The van der Waals surface area contributed by atoms with Gasteiger partial charge in [-0.1, -0.05) is 0 Å². The van der Waals surface area contributed by atoms with E-state index in [1.807, 2.05) is 10.8 Å². The topological polar surface area (TPSA) is 87.5 Å². The van der Waals surface area contributed by atoms with E-state index in [1.54, 1.807) is 12.5 Å². The van der Waals surface area contributed by atoms with Crippen LogP contribution >= 0.6 is 0 Å². The molecule has 0 unspecified atom stereocenters. The second-order valence-corrected chi connectivity index (χ2v) is 4.29. The lowest BCUT2D eigenvalue weighted by atomic mass is 10.5. The average Bonchev–Trinajstić information content (AvgIpc) is 3.03. The molecule has 0 bridgehead atoms. The van der Waals surface area contributed by atoms with Crippen LogP contribution in [0.25, 0.3) is 0 Å². The summed E-state index contributed by atoms with van der Waals surface area (Å²) in [7, 11) is 0. The number of amides is 2. The summed E-state index contributed by atoms with van der Waals surface area (Å²) in [5.74, 6) is -0.980. The first-order chi connectivity index (χ1) is 8.66. The van der Waals surface area contributed by atoms with Crippen LogP contribution in [-0.2, 0) is 11.3 Å². The lowest BCUT2D eigenvalue weighted by molar-refractivity contribution is -0.137. The van der Waals surface area contributed by atoms with Gasteiger partial charge in [0.1, 0.15) is 6.54 Å². The maximum absolute atomic E-state index is 11.8. The molecule has 1 aliphatic carbocycles. The van der Waals surface area contributed by atoms with Gasteiger partial charge in [0.25, 0.3) is 0 Å². The van der Waals surface area contributed by atoms with Crippen LogP contribution in [0.5, 0.6) is 0 Å². The molecule has 2 rings (SSSR count). The van der Waals surface area contributed by atoms with Gasteiger partial charge in [-0.05, 0) is 12.8 Å². The number of imidazole rings is 1. The summed E-state index contributed by atoms with van der Waals surface area (Å²) < 4.78 is 1.85. The van der Waals surface area contributed by atoms with Crippen molar-refractivity contribution in [2.24, 2.45) is 0 Å². The molecule has 7 heteroatoms. The number of aromatic nitrogens is 2. The molecule has 0 saturated heterocycles. The van der Waals surface area contributed by atoms with Gasteiger partial charge in [-0.15, -0.1) is 0 Å². The molecule has 1 aromatic rings. The number of rotatable bonds is 6. The number of nitrogens with one attached hydrogen (secondary N) is 1. The lowest BCUT2D eigenvalue weighted by Crippen LogP contribution is -2.44. The lowest BCUT2D eigenvalue weighted by Gasteiger charge is -2.20. The fraction of sp³-hybridized carbons (Fsp3) is 0.545. The van der Waals surface area contributed by atoms with E-state index in [0.717, 1.165) is 12.8 Å². The van der Waals surface area contributed by atoms with Gasteiger partial charge in [-0.3, -0.25) is 4.79 Å². The van der Waals surface area contributed by atoms with E-state index in [4.69, 9.17) is 5.11 Å². The summed E-state index contributed by atoms with van der Waals surface area (Å²) >= 11 is 0. The molecule has 0 radical (unpaired) electrons. The minimum Gasteiger partial charge on any atom is -0.480 e. The van der Waals surface area contributed by atoms with Crippen molar-refractivity contribution in [3.05, 3.63) is 18.7 Å². The Kier molecular flexibility index (Phi) is 3.81. The number of carboxylic acid groups (broad SMARTS) is 1. The number of carbonyl (C=O) groups excluding carboxylic acids is 1. The van der Waals surface area contributed by atoms with E-state index in [9.17, 15) is 9.59 Å². The largest absolute Gasteiger partial charge is 0.480 e. The zero-order valence-corrected chi connectivity index (χ0v) is 9.95. The molecule has 0 aliphatic heterocycles. The second kappa shape index (κ2) is 5.52. The van der Waals surface area contributed by atoms with Gasteiger partial charge in [0.15, 0.2) is 0 Å². The monoisotopic (exact) mass is 252 g/mol. The van der Waals surface area contributed by atoms with Gasteiger partial charge in [0.2, 0.25) is 0 Å². The SMILES string of the molecule is O=C(O)CN(C(=O)NCCn1ccnc1)C1CC1. The number of hydrogen-bond donors (Lipinski definition) is 2. The molecule has 98 valence electrons. The van der Waals surface area contributed by atoms with Gasteiger partial charge in [0.05, 0.1) is 6.33 Å². The Morgan fingerprint density at radius 1 is 1.50 bits per heavy atom. The Morgan fingerprint density at radius 3 is 2.83 bits per heavy atom. The normalized spacial score (nSPS) is 14.2. The second-order valence-electron chi connectivity index (χ2n) is 4.29. The molecule has 7 nitrogen and oxygen atoms in total. The summed E-state index contributed by atoms with van der Waals surface area (Å²) in [5, 5.41) is 11.5. The number of carbonyl (C=O) groups is 2. The average molecular weight is 252 g/mol. The Hall–Kier alpha value is -2.05. The summed E-state index contributed by atoms with van der Waals surface area (Å²) in [6.45, 7) is 0.844. The summed E-state index contributed by atoms with van der Waals surface area (Å²) in [6.07, 6.45) is 6.93. The molecule has 1 saturated carbocycles. The fourth-order valence-corrected chi connectivity index (χ4v) is 1.71. The van der Waals surface area contributed by atoms with E-state index in [2.05, 4.69) is 10.3 Å². The van der Waals surface area contributed by atoms with Crippen molar-refractivity contribution in [3.8, 4) is 0 Å². The van der Waals surface area contributed by atoms with Crippen LogP contribution in [0.1, 0.15) is 12.8 Å². The summed E-state index contributed by atoms with van der Waals surface area (Å²) in [4.78, 5) is 27.8. The van der Waals surface area contributed by atoms with Crippen molar-refractivity contribution in [3.63, 3.8) is 0 Å². The van der Waals surface area contributed by atoms with Crippen LogP contribution in [0.2, 0.25) is 0 Å². The molecule has 1 fully saturated rings. The first kappa shape index (κ1) is 12.4. The number of aliphatic carboxylic acids is 1. The Balaban J connectivity index is 1.76. The fourth-order valence-electron chi connectivity index (χ4n) is 1.71. The van der Waals surface area contributed by atoms with E-state index in [0.29, 0.717) is 13.1 Å². The highest BCUT2D eigenvalue weighted by atomic mass is 16.4. The predicted molar refractivity (Wildman–Crippen MR) is 63.0 cm³/mol. The molecular formula is C11H16N4O3. The molecular weight excluding hydrogens is 236 g/mol. The van der Waals surface area contributed by atoms with Crippen LogP contribution in [0, 0.1) is 0 Å². The molecule has 2 amide bonds. The molecule has 0 spiro atoms. The highest BCUT2D eigenvalue weighted by Gasteiger charge is 2.33. The van der Waals surface area contributed by atoms with Gasteiger partial charge in [0, 0.05) is 31.5 Å². The zero-order valence-electron chi connectivity index (χ0n) is 9.95. The van der Waals surface area contributed by atoms with Gasteiger partial charge in [-0.2, -0.15) is 0 Å². The Labute approximate surface area is 104 Å². The molecule has 1 aromatic heterocycles. The molecule has 1 heterocycles. The van der Waals surface area contributed by atoms with Gasteiger partial charge in [-0.25, -0.2) is 9.78 Å². The third-order valence-electron chi connectivity index (χ3n) is 2.76. The van der Waals surface area contributed by atoms with E-state index in [-0.39, 0.29) is 18.6 Å². The molecule has 1 aliphatic rings. The van der Waals surface area contributed by atoms with Crippen LogP contribution in [-0.4, -0.2) is 50.7 Å². The maximum atomic E-state index is 11.8. The van der Waals surface area contributed by atoms with Crippen LogP contribution in [0.4, 0.5) is 4.79 Å². The minimum absolute atomic E-state index is 0.0920. The summed E-state index contributed by atoms with van der Waals surface area (Å²) in [5.41, 5.74) is 0. The number of hydrogen-bond acceptors (Lipinski definition) is 3. The van der Waals surface area contributed by atoms with Crippen molar-refractivity contribution in [2.45, 2.75) is 25.4 Å². The molecule has 0 aromatic carbocycles. The van der Waals surface area contributed by atoms with Crippen molar-refractivity contribution < 1.29 is 14.7 Å². The van der Waals surface area contributed by atoms with Crippen LogP contribution in [0.3, 0.4) is 0 Å². The zero-order chi connectivity index (χ0) is 13.0. The van der Waals surface area contributed by atoms with Crippen molar-refractivity contribution in [1.29, 1.82) is 0 Å². The van der Waals surface area contributed by atoms with E-state index in [1.165, 1.54) is 4.90 Å². The minimum atomic E-state index is -0.980. The number of urea groups is 1. The van der Waals surface area contributed by atoms with Crippen molar-refractivity contribution in [2.75, 3.05) is 13.1 Å². The molecule has 0 atom stereocenters.